The Morgan fingerprint density at radius 3 is 2.69 bits per heavy atom. The molecular weight excluding hydrogens is 428 g/mol. The van der Waals surface area contributed by atoms with E-state index in [1.165, 1.54) is 11.8 Å². The number of hydrogen-bond acceptors (Lipinski definition) is 6. The van der Waals surface area contributed by atoms with Gasteiger partial charge in [-0.2, -0.15) is 0 Å². The molecule has 1 aliphatic rings. The molecule has 1 aromatic carbocycles. The zero-order valence-corrected chi connectivity index (χ0v) is 18.7. The van der Waals surface area contributed by atoms with E-state index in [0.717, 1.165) is 10.7 Å². The van der Waals surface area contributed by atoms with Crippen LogP contribution >= 0.6 is 11.8 Å². The molecule has 8 nitrogen and oxygen atoms in total. The van der Waals surface area contributed by atoms with Crippen LogP contribution in [0.1, 0.15) is 48.1 Å². The Morgan fingerprint density at radius 1 is 1.25 bits per heavy atom. The molecule has 1 aliphatic heterocycles. The van der Waals surface area contributed by atoms with Gasteiger partial charge in [0, 0.05) is 31.5 Å². The minimum Gasteiger partial charge on any atom is -0.455 e. The van der Waals surface area contributed by atoms with Gasteiger partial charge >= 0.3 is 0 Å². The van der Waals surface area contributed by atoms with Crippen LogP contribution in [0.2, 0.25) is 0 Å². The van der Waals surface area contributed by atoms with E-state index in [1.54, 1.807) is 30.5 Å². The van der Waals surface area contributed by atoms with Crippen molar-refractivity contribution in [1.82, 2.24) is 14.9 Å². The first kappa shape index (κ1) is 21.9. The zero-order chi connectivity index (χ0) is 22.7. The van der Waals surface area contributed by atoms with Gasteiger partial charge in [-0.3, -0.25) is 19.7 Å². The van der Waals surface area contributed by atoms with Crippen LogP contribution in [0.4, 0.5) is 5.69 Å². The van der Waals surface area contributed by atoms with Crippen molar-refractivity contribution in [2.75, 3.05) is 5.32 Å². The van der Waals surface area contributed by atoms with Crippen molar-refractivity contribution < 1.29 is 18.8 Å². The maximum Gasteiger partial charge on any atom is 0.291 e. The van der Waals surface area contributed by atoms with Crippen molar-refractivity contribution >= 4 is 35.2 Å². The Kier molecular flexibility index (Phi) is 6.18. The number of amides is 3. The Balaban J connectivity index is 1.40. The monoisotopic (exact) mass is 452 g/mol. The van der Waals surface area contributed by atoms with Gasteiger partial charge in [0.25, 0.3) is 5.91 Å². The number of nitrogens with one attached hydrogen (secondary N) is 2. The van der Waals surface area contributed by atoms with Gasteiger partial charge in [0.1, 0.15) is 5.76 Å². The maximum absolute atomic E-state index is 12.6. The second kappa shape index (κ2) is 9.04. The summed E-state index contributed by atoms with van der Waals surface area (Å²) in [5.74, 6) is 0.619. The van der Waals surface area contributed by atoms with E-state index in [2.05, 4.69) is 15.6 Å². The van der Waals surface area contributed by atoms with Gasteiger partial charge < -0.3 is 14.3 Å². The second-order valence-corrected chi connectivity index (χ2v) is 8.66. The predicted molar refractivity (Wildman–Crippen MR) is 120 cm³/mol. The van der Waals surface area contributed by atoms with Gasteiger partial charge in [-0.05, 0) is 42.7 Å². The number of piperidine rings is 1. The summed E-state index contributed by atoms with van der Waals surface area (Å²) in [6.07, 6.45) is 4.99. The number of thioether (sulfide) groups is 1. The smallest absolute Gasteiger partial charge is 0.291 e. The highest BCUT2D eigenvalue weighted by Gasteiger charge is 2.42. The number of imidazole rings is 1. The number of carbonyl (C=O) groups excluding carboxylic acids is 3. The van der Waals surface area contributed by atoms with Crippen molar-refractivity contribution in [3.8, 4) is 0 Å². The van der Waals surface area contributed by atoms with Crippen LogP contribution in [0.15, 0.2) is 58.4 Å². The molecule has 3 amide bonds. The summed E-state index contributed by atoms with van der Waals surface area (Å²) in [5.41, 5.74) is 0.698. The first-order valence-electron chi connectivity index (χ1n) is 10.4. The SMILES string of the molecule is CCC1(c2ccc(NC(=O)c3ccc(CSc4nccn4C)o3)cc2)CCC(=O)NC1=O. The molecular formula is C23H24N4O4S. The van der Waals surface area contributed by atoms with Crippen LogP contribution in [0, 0.1) is 0 Å². The van der Waals surface area contributed by atoms with E-state index in [0.29, 0.717) is 36.5 Å². The Hall–Kier alpha value is -3.33. The average molecular weight is 453 g/mol. The molecule has 1 saturated heterocycles. The summed E-state index contributed by atoms with van der Waals surface area (Å²) in [6, 6.07) is 10.6. The summed E-state index contributed by atoms with van der Waals surface area (Å²) in [7, 11) is 1.92. The van der Waals surface area contributed by atoms with Gasteiger partial charge in [-0.1, -0.05) is 30.8 Å². The van der Waals surface area contributed by atoms with Crippen LogP contribution < -0.4 is 10.6 Å². The summed E-state index contributed by atoms with van der Waals surface area (Å²) in [5, 5.41) is 6.13. The fourth-order valence-corrected chi connectivity index (χ4v) is 4.66. The fourth-order valence-electron chi connectivity index (χ4n) is 3.84. The lowest BCUT2D eigenvalue weighted by molar-refractivity contribution is -0.138. The second-order valence-electron chi connectivity index (χ2n) is 7.72. The van der Waals surface area contributed by atoms with Gasteiger partial charge in [0.15, 0.2) is 10.9 Å². The van der Waals surface area contributed by atoms with Crippen LogP contribution in [-0.4, -0.2) is 27.3 Å². The molecule has 4 rings (SSSR count). The largest absolute Gasteiger partial charge is 0.455 e. The molecule has 0 aliphatic carbocycles. The van der Waals surface area contributed by atoms with E-state index >= 15 is 0 Å². The van der Waals surface area contributed by atoms with Crippen LogP contribution in [0.3, 0.4) is 0 Å². The average Bonchev–Trinajstić information content (AvgIpc) is 3.42. The summed E-state index contributed by atoms with van der Waals surface area (Å²) >= 11 is 1.53. The minimum absolute atomic E-state index is 0.222. The molecule has 2 N–H and O–H groups in total. The first-order chi connectivity index (χ1) is 15.4. The lowest BCUT2D eigenvalue weighted by Crippen LogP contribution is -2.51. The molecule has 2 aromatic heterocycles. The van der Waals surface area contributed by atoms with Gasteiger partial charge in [-0.25, -0.2) is 4.98 Å². The normalized spacial score (nSPS) is 18.4. The summed E-state index contributed by atoms with van der Waals surface area (Å²) < 4.78 is 7.60. The third-order valence-corrected chi connectivity index (χ3v) is 6.85. The lowest BCUT2D eigenvalue weighted by atomic mass is 9.72. The highest BCUT2D eigenvalue weighted by Crippen LogP contribution is 2.36. The minimum atomic E-state index is -0.725. The van der Waals surface area contributed by atoms with Crippen LogP contribution in [0.25, 0.3) is 0 Å². The standard InChI is InChI=1S/C23H24N4O4S/c1-3-23(11-10-19(28)26-21(23)30)15-4-6-16(7-5-15)25-20(29)18-9-8-17(31-18)14-32-22-24-12-13-27(22)2/h4-9,12-13H,3,10-11,14H2,1-2H3,(H,25,29)(H,26,28,30). The molecule has 1 atom stereocenters. The molecule has 1 fully saturated rings. The highest BCUT2D eigenvalue weighted by atomic mass is 32.2. The third kappa shape index (κ3) is 4.34. The van der Waals surface area contributed by atoms with Crippen molar-refractivity contribution in [1.29, 1.82) is 0 Å². The Morgan fingerprint density at radius 2 is 2.03 bits per heavy atom. The molecule has 0 spiro atoms. The number of nitrogens with zero attached hydrogens (tertiary/aromatic N) is 2. The third-order valence-electron chi connectivity index (χ3n) is 5.77. The molecule has 32 heavy (non-hydrogen) atoms. The molecule has 1 unspecified atom stereocenters. The van der Waals surface area contributed by atoms with E-state index in [1.807, 2.05) is 36.9 Å². The van der Waals surface area contributed by atoms with Gasteiger partial charge in [0.05, 0.1) is 11.2 Å². The number of imide groups is 1. The number of rotatable bonds is 7. The molecule has 166 valence electrons. The van der Waals surface area contributed by atoms with Crippen molar-refractivity contribution in [3.05, 3.63) is 65.9 Å². The van der Waals surface area contributed by atoms with Crippen molar-refractivity contribution in [3.63, 3.8) is 0 Å². The van der Waals surface area contributed by atoms with E-state index in [-0.39, 0.29) is 23.5 Å². The molecule has 0 saturated carbocycles. The van der Waals surface area contributed by atoms with E-state index < -0.39 is 5.41 Å². The fraction of sp³-hybridized carbons (Fsp3) is 0.304. The highest BCUT2D eigenvalue weighted by molar-refractivity contribution is 7.98. The summed E-state index contributed by atoms with van der Waals surface area (Å²) in [4.78, 5) is 40.9. The number of hydrogen-bond donors (Lipinski definition) is 2. The topological polar surface area (TPSA) is 106 Å². The van der Waals surface area contributed by atoms with Gasteiger partial charge in [-0.15, -0.1) is 0 Å². The lowest BCUT2D eigenvalue weighted by Gasteiger charge is -2.35. The van der Waals surface area contributed by atoms with Crippen molar-refractivity contribution in [2.45, 2.75) is 42.5 Å². The van der Waals surface area contributed by atoms with Crippen LogP contribution in [0.5, 0.6) is 0 Å². The molecule has 0 bridgehead atoms. The number of aryl methyl sites for hydroxylation is 1. The number of carbonyl (C=O) groups is 3. The number of furan rings is 1. The summed E-state index contributed by atoms with van der Waals surface area (Å²) in [6.45, 7) is 1.94. The van der Waals surface area contributed by atoms with E-state index in [9.17, 15) is 14.4 Å². The maximum atomic E-state index is 12.6. The quantitative estimate of drug-likeness (QED) is 0.419. The molecule has 3 aromatic rings. The van der Waals surface area contributed by atoms with Gasteiger partial charge in [0.2, 0.25) is 11.8 Å². The Bertz CT molecular complexity index is 1150. The number of aromatic nitrogens is 2. The predicted octanol–water partition coefficient (Wildman–Crippen LogP) is 3.64. The Labute approximate surface area is 189 Å². The molecule has 9 heteroatoms. The van der Waals surface area contributed by atoms with Crippen molar-refractivity contribution in [2.24, 2.45) is 7.05 Å². The first-order valence-corrected chi connectivity index (χ1v) is 11.3. The van der Waals surface area contributed by atoms with Crippen LogP contribution in [-0.2, 0) is 27.8 Å². The molecule has 3 heterocycles. The molecule has 0 radical (unpaired) electrons. The van der Waals surface area contributed by atoms with E-state index in [4.69, 9.17) is 4.42 Å². The zero-order valence-electron chi connectivity index (χ0n) is 17.9. The number of benzene rings is 1. The number of anilines is 1.